The zero-order valence-corrected chi connectivity index (χ0v) is 9.81. The molecule has 0 bridgehead atoms. The SMILES string of the molecule is O=[N+]([O-])c1cnn(-c2ccc(C(F)(F)F)cc2Cl)c1. The fourth-order valence-corrected chi connectivity index (χ4v) is 1.68. The lowest BCUT2D eigenvalue weighted by Crippen LogP contribution is -2.05. The first kappa shape index (κ1) is 13.3. The summed E-state index contributed by atoms with van der Waals surface area (Å²) < 4.78 is 38.4. The molecule has 100 valence electrons. The third kappa shape index (κ3) is 2.68. The van der Waals surface area contributed by atoms with Crippen molar-refractivity contribution in [1.82, 2.24) is 9.78 Å². The van der Waals surface area contributed by atoms with E-state index in [-0.39, 0.29) is 16.4 Å². The second-order valence-corrected chi connectivity index (χ2v) is 3.97. The molecule has 1 aromatic heterocycles. The molecular weight excluding hydrogens is 287 g/mol. The van der Waals surface area contributed by atoms with Crippen LogP contribution < -0.4 is 0 Å². The van der Waals surface area contributed by atoms with Crippen LogP contribution in [-0.2, 0) is 6.18 Å². The van der Waals surface area contributed by atoms with Gasteiger partial charge in [-0.05, 0) is 18.2 Å². The summed E-state index contributed by atoms with van der Waals surface area (Å²) in [6.07, 6.45) is -2.46. The number of hydrogen-bond donors (Lipinski definition) is 0. The average Bonchev–Trinajstić information content (AvgIpc) is 2.76. The molecule has 0 radical (unpaired) electrons. The predicted octanol–water partition coefficient (Wildman–Crippen LogP) is 3.45. The molecule has 0 aliphatic carbocycles. The first-order chi connectivity index (χ1) is 8.79. The fraction of sp³-hybridized carbons (Fsp3) is 0.100. The highest BCUT2D eigenvalue weighted by molar-refractivity contribution is 6.32. The molecule has 1 heterocycles. The first-order valence-electron chi connectivity index (χ1n) is 4.85. The standard InChI is InChI=1S/C10H5ClF3N3O2/c11-8-3-6(10(12,13)14)1-2-9(8)16-5-7(4-15-16)17(18)19/h1-5H. The Morgan fingerprint density at radius 2 is 2.05 bits per heavy atom. The quantitative estimate of drug-likeness (QED) is 0.629. The third-order valence-electron chi connectivity index (χ3n) is 2.30. The van der Waals surface area contributed by atoms with Gasteiger partial charge in [-0.15, -0.1) is 0 Å². The van der Waals surface area contributed by atoms with Gasteiger partial charge in [-0.1, -0.05) is 11.6 Å². The van der Waals surface area contributed by atoms with Gasteiger partial charge in [-0.25, -0.2) is 4.68 Å². The largest absolute Gasteiger partial charge is 0.416 e. The van der Waals surface area contributed by atoms with Gasteiger partial charge < -0.3 is 0 Å². The van der Waals surface area contributed by atoms with Gasteiger partial charge in [0.15, 0.2) is 0 Å². The zero-order chi connectivity index (χ0) is 14.2. The zero-order valence-electron chi connectivity index (χ0n) is 9.06. The van der Waals surface area contributed by atoms with Crippen molar-refractivity contribution in [3.63, 3.8) is 0 Å². The first-order valence-corrected chi connectivity index (χ1v) is 5.23. The monoisotopic (exact) mass is 291 g/mol. The lowest BCUT2D eigenvalue weighted by atomic mass is 10.2. The molecule has 0 saturated carbocycles. The number of benzene rings is 1. The molecule has 0 aliphatic heterocycles. The Balaban J connectivity index is 2.43. The topological polar surface area (TPSA) is 61.0 Å². The van der Waals surface area contributed by atoms with Crippen LogP contribution in [0.15, 0.2) is 30.6 Å². The van der Waals surface area contributed by atoms with Gasteiger partial charge in [-0.3, -0.25) is 10.1 Å². The van der Waals surface area contributed by atoms with Gasteiger partial charge in [0.25, 0.3) is 0 Å². The maximum Gasteiger partial charge on any atom is 0.416 e. The Morgan fingerprint density at radius 1 is 1.37 bits per heavy atom. The number of rotatable bonds is 2. The summed E-state index contributed by atoms with van der Waals surface area (Å²) >= 11 is 5.73. The van der Waals surface area contributed by atoms with E-state index in [1.54, 1.807) is 0 Å². The molecule has 19 heavy (non-hydrogen) atoms. The lowest BCUT2D eigenvalue weighted by Gasteiger charge is -2.09. The van der Waals surface area contributed by atoms with Gasteiger partial charge in [0.05, 0.1) is 21.2 Å². The van der Waals surface area contributed by atoms with E-state index in [1.807, 2.05) is 0 Å². The molecule has 0 amide bonds. The molecule has 0 atom stereocenters. The van der Waals surface area contributed by atoms with E-state index >= 15 is 0 Å². The summed E-state index contributed by atoms with van der Waals surface area (Å²) in [6, 6.07) is 2.67. The van der Waals surface area contributed by atoms with Gasteiger partial charge in [0.2, 0.25) is 0 Å². The summed E-state index contributed by atoms with van der Waals surface area (Å²) in [6.45, 7) is 0. The summed E-state index contributed by atoms with van der Waals surface area (Å²) in [5, 5.41) is 14.0. The number of halogens is 4. The Bertz CT molecular complexity index is 639. The van der Waals surface area contributed by atoms with Crippen LogP contribution in [0.2, 0.25) is 5.02 Å². The van der Waals surface area contributed by atoms with Crippen LogP contribution in [0.4, 0.5) is 18.9 Å². The molecular formula is C10H5ClF3N3O2. The van der Waals surface area contributed by atoms with E-state index in [1.165, 1.54) is 0 Å². The highest BCUT2D eigenvalue weighted by Crippen LogP contribution is 2.33. The normalized spacial score (nSPS) is 11.6. The molecule has 0 unspecified atom stereocenters. The number of nitrogens with zero attached hydrogens (tertiary/aromatic N) is 3. The lowest BCUT2D eigenvalue weighted by molar-refractivity contribution is -0.384. The summed E-state index contributed by atoms with van der Waals surface area (Å²) in [5.41, 5.74) is -1.05. The van der Waals surface area contributed by atoms with Crippen molar-refractivity contribution < 1.29 is 18.1 Å². The van der Waals surface area contributed by atoms with Gasteiger partial charge >= 0.3 is 11.9 Å². The van der Waals surface area contributed by atoms with Gasteiger partial charge in [-0.2, -0.15) is 18.3 Å². The molecule has 9 heteroatoms. The maximum absolute atomic E-state index is 12.4. The number of alkyl halides is 3. The average molecular weight is 292 g/mol. The molecule has 0 aliphatic rings. The fourth-order valence-electron chi connectivity index (χ4n) is 1.41. The minimum Gasteiger partial charge on any atom is -0.258 e. The second kappa shape index (κ2) is 4.54. The van der Waals surface area contributed by atoms with Crippen LogP contribution in [0.1, 0.15) is 5.56 Å². The summed E-state index contributed by atoms with van der Waals surface area (Å²) in [5.74, 6) is 0. The predicted molar refractivity (Wildman–Crippen MR) is 60.2 cm³/mol. The van der Waals surface area contributed by atoms with Crippen LogP contribution in [-0.4, -0.2) is 14.7 Å². The van der Waals surface area contributed by atoms with Crippen molar-refractivity contribution in [2.45, 2.75) is 6.18 Å². The number of hydrogen-bond acceptors (Lipinski definition) is 3. The third-order valence-corrected chi connectivity index (χ3v) is 2.60. The highest BCUT2D eigenvalue weighted by Gasteiger charge is 2.31. The van der Waals surface area contributed by atoms with Crippen molar-refractivity contribution in [2.75, 3.05) is 0 Å². The van der Waals surface area contributed by atoms with Crippen molar-refractivity contribution in [2.24, 2.45) is 0 Å². The Hall–Kier alpha value is -2.09. The molecule has 0 spiro atoms. The van der Waals surface area contributed by atoms with E-state index in [4.69, 9.17) is 11.6 Å². The van der Waals surface area contributed by atoms with Crippen LogP contribution in [0, 0.1) is 10.1 Å². The van der Waals surface area contributed by atoms with Crippen LogP contribution in [0.3, 0.4) is 0 Å². The van der Waals surface area contributed by atoms with Crippen molar-refractivity contribution in [1.29, 1.82) is 0 Å². The molecule has 0 fully saturated rings. The number of nitro groups is 1. The maximum atomic E-state index is 12.4. The highest BCUT2D eigenvalue weighted by atomic mass is 35.5. The molecule has 0 saturated heterocycles. The van der Waals surface area contributed by atoms with Crippen LogP contribution >= 0.6 is 11.6 Å². The molecule has 2 aromatic rings. The van der Waals surface area contributed by atoms with Crippen molar-refractivity contribution >= 4 is 17.3 Å². The Labute approximate surface area is 109 Å². The summed E-state index contributed by atoms with van der Waals surface area (Å²) in [4.78, 5) is 9.82. The van der Waals surface area contributed by atoms with E-state index in [0.717, 1.165) is 35.3 Å². The van der Waals surface area contributed by atoms with E-state index in [9.17, 15) is 23.3 Å². The second-order valence-electron chi connectivity index (χ2n) is 3.56. The van der Waals surface area contributed by atoms with E-state index < -0.39 is 16.7 Å². The van der Waals surface area contributed by atoms with E-state index in [2.05, 4.69) is 5.10 Å². The van der Waals surface area contributed by atoms with Gasteiger partial charge in [0.1, 0.15) is 12.4 Å². The Kier molecular flexibility index (Phi) is 3.19. The van der Waals surface area contributed by atoms with E-state index in [0.29, 0.717) is 0 Å². The van der Waals surface area contributed by atoms with Crippen LogP contribution in [0.5, 0.6) is 0 Å². The minimum atomic E-state index is -4.50. The molecule has 2 rings (SSSR count). The van der Waals surface area contributed by atoms with Gasteiger partial charge in [0, 0.05) is 0 Å². The molecule has 5 nitrogen and oxygen atoms in total. The Morgan fingerprint density at radius 3 is 2.53 bits per heavy atom. The minimum absolute atomic E-state index is 0.128. The molecule has 1 aromatic carbocycles. The number of aromatic nitrogens is 2. The smallest absolute Gasteiger partial charge is 0.258 e. The summed E-state index contributed by atoms with van der Waals surface area (Å²) in [7, 11) is 0. The van der Waals surface area contributed by atoms with Crippen LogP contribution in [0.25, 0.3) is 5.69 Å². The van der Waals surface area contributed by atoms with Crippen molar-refractivity contribution in [3.05, 3.63) is 51.3 Å². The molecule has 0 N–H and O–H groups in total. The van der Waals surface area contributed by atoms with Crippen molar-refractivity contribution in [3.8, 4) is 5.69 Å².